The zero-order valence-corrected chi connectivity index (χ0v) is 11.8. The summed E-state index contributed by atoms with van der Waals surface area (Å²) in [6.45, 7) is 6.07. The minimum atomic E-state index is 0.690. The van der Waals surface area contributed by atoms with Crippen molar-refractivity contribution in [3.05, 3.63) is 40.7 Å². The largest absolute Gasteiger partial charge is 0.236 e. The van der Waals surface area contributed by atoms with E-state index in [1.165, 1.54) is 5.56 Å². The van der Waals surface area contributed by atoms with Crippen LogP contribution in [-0.2, 0) is 0 Å². The van der Waals surface area contributed by atoms with Crippen LogP contribution in [0.15, 0.2) is 23.1 Å². The van der Waals surface area contributed by atoms with Crippen molar-refractivity contribution < 1.29 is 0 Å². The molecule has 0 saturated heterocycles. The minimum absolute atomic E-state index is 0.690. The summed E-state index contributed by atoms with van der Waals surface area (Å²) < 4.78 is 1.86. The van der Waals surface area contributed by atoms with E-state index in [-0.39, 0.29) is 0 Å². The molecule has 0 unspecified atom stereocenters. The Bertz CT molecular complexity index is 635. The molecule has 0 bridgehead atoms. The lowest BCUT2D eigenvalue weighted by Crippen LogP contribution is -2.03. The van der Waals surface area contributed by atoms with E-state index in [2.05, 4.69) is 18.1 Å². The second-order valence-corrected chi connectivity index (χ2v) is 5.02. The van der Waals surface area contributed by atoms with Crippen molar-refractivity contribution in [3.8, 4) is 11.8 Å². The first kappa shape index (κ1) is 12.7. The number of benzene rings is 1. The summed E-state index contributed by atoms with van der Waals surface area (Å²) in [6, 6.07) is 8.16. The maximum atomic E-state index is 9.35. The summed E-state index contributed by atoms with van der Waals surface area (Å²) in [7, 11) is 0. The lowest BCUT2D eigenvalue weighted by molar-refractivity contribution is 0.827. The van der Waals surface area contributed by atoms with Crippen LogP contribution in [0.1, 0.15) is 22.5 Å². The van der Waals surface area contributed by atoms with Crippen LogP contribution in [0.25, 0.3) is 5.69 Å². The summed E-state index contributed by atoms with van der Waals surface area (Å²) in [4.78, 5) is 0.986. The van der Waals surface area contributed by atoms with Crippen LogP contribution in [-0.4, -0.2) is 16.0 Å². The number of nitrogens with zero attached hydrogens (tertiary/aromatic N) is 3. The summed E-state index contributed by atoms with van der Waals surface area (Å²) in [6.07, 6.45) is 1.98. The first-order valence-electron chi connectivity index (χ1n) is 5.70. The fraction of sp³-hybridized carbons (Fsp3) is 0.286. The second kappa shape index (κ2) is 4.87. The van der Waals surface area contributed by atoms with Gasteiger partial charge in [0.25, 0.3) is 0 Å². The van der Waals surface area contributed by atoms with Crippen molar-refractivity contribution in [3.63, 3.8) is 0 Å². The average molecular weight is 257 g/mol. The first-order chi connectivity index (χ1) is 8.60. The van der Waals surface area contributed by atoms with Crippen molar-refractivity contribution in [1.29, 1.82) is 5.26 Å². The van der Waals surface area contributed by atoms with E-state index in [1.807, 2.05) is 43.0 Å². The molecule has 0 saturated carbocycles. The van der Waals surface area contributed by atoms with Crippen LogP contribution in [0.2, 0.25) is 0 Å². The summed E-state index contributed by atoms with van der Waals surface area (Å²) in [5.41, 5.74) is 4.82. The van der Waals surface area contributed by atoms with Crippen molar-refractivity contribution in [2.24, 2.45) is 0 Å². The van der Waals surface area contributed by atoms with Crippen LogP contribution in [0.3, 0.4) is 0 Å². The molecule has 3 nitrogen and oxygen atoms in total. The Morgan fingerprint density at radius 2 is 2.00 bits per heavy atom. The fourth-order valence-corrected chi connectivity index (χ4v) is 2.50. The zero-order chi connectivity index (χ0) is 13.3. The number of nitriles is 1. The van der Waals surface area contributed by atoms with Gasteiger partial charge in [-0.15, -0.1) is 11.8 Å². The smallest absolute Gasteiger partial charge is 0.103 e. The van der Waals surface area contributed by atoms with Gasteiger partial charge in [0.15, 0.2) is 0 Å². The maximum absolute atomic E-state index is 9.35. The van der Waals surface area contributed by atoms with E-state index in [4.69, 9.17) is 0 Å². The summed E-state index contributed by atoms with van der Waals surface area (Å²) in [5.74, 6) is 0. The number of thioether (sulfide) groups is 1. The molecule has 0 amide bonds. The molecular weight excluding hydrogens is 242 g/mol. The van der Waals surface area contributed by atoms with Gasteiger partial charge in [-0.05, 0) is 44.7 Å². The molecule has 1 aromatic carbocycles. The number of aryl methyl sites for hydroxylation is 1. The molecule has 92 valence electrons. The quantitative estimate of drug-likeness (QED) is 0.774. The van der Waals surface area contributed by atoms with Crippen LogP contribution in [0, 0.1) is 32.1 Å². The molecule has 0 atom stereocenters. The Kier molecular flexibility index (Phi) is 3.44. The van der Waals surface area contributed by atoms with E-state index in [0.29, 0.717) is 5.56 Å². The highest BCUT2D eigenvalue weighted by atomic mass is 32.2. The molecule has 1 aromatic heterocycles. The van der Waals surface area contributed by atoms with Crippen molar-refractivity contribution in [2.45, 2.75) is 25.7 Å². The third-order valence-electron chi connectivity index (χ3n) is 3.22. The standard InChI is InChI=1S/C14H15N3S/c1-9-10(2)16-17(11(9)3)13-6-5-7-14(18-4)12(13)8-15/h5-7H,1-4H3. The van der Waals surface area contributed by atoms with Gasteiger partial charge in [-0.2, -0.15) is 10.4 Å². The molecule has 1 heterocycles. The molecule has 2 aromatic rings. The second-order valence-electron chi connectivity index (χ2n) is 4.17. The van der Waals surface area contributed by atoms with E-state index < -0.39 is 0 Å². The van der Waals surface area contributed by atoms with Crippen LogP contribution >= 0.6 is 11.8 Å². The summed E-state index contributed by atoms with van der Waals surface area (Å²) >= 11 is 1.58. The molecule has 0 N–H and O–H groups in total. The predicted molar refractivity (Wildman–Crippen MR) is 74.3 cm³/mol. The average Bonchev–Trinajstić information content (AvgIpc) is 2.65. The first-order valence-corrected chi connectivity index (χ1v) is 6.93. The van der Waals surface area contributed by atoms with Gasteiger partial charge in [-0.3, -0.25) is 0 Å². The van der Waals surface area contributed by atoms with Gasteiger partial charge in [0.1, 0.15) is 6.07 Å². The molecule has 0 radical (unpaired) electrons. The van der Waals surface area contributed by atoms with Crippen molar-refractivity contribution in [1.82, 2.24) is 9.78 Å². The maximum Gasteiger partial charge on any atom is 0.103 e. The van der Waals surface area contributed by atoms with Gasteiger partial charge in [0, 0.05) is 10.6 Å². The molecule has 0 aliphatic rings. The Morgan fingerprint density at radius 1 is 1.28 bits per heavy atom. The molecule has 0 aliphatic heterocycles. The van der Waals surface area contributed by atoms with Gasteiger partial charge >= 0.3 is 0 Å². The van der Waals surface area contributed by atoms with Crippen LogP contribution in [0.5, 0.6) is 0 Å². The normalized spacial score (nSPS) is 10.4. The number of hydrogen-bond donors (Lipinski definition) is 0. The van der Waals surface area contributed by atoms with Gasteiger partial charge < -0.3 is 0 Å². The number of rotatable bonds is 2. The highest BCUT2D eigenvalue weighted by Crippen LogP contribution is 2.27. The zero-order valence-electron chi connectivity index (χ0n) is 11.0. The number of hydrogen-bond acceptors (Lipinski definition) is 3. The van der Waals surface area contributed by atoms with E-state index in [0.717, 1.165) is 22.0 Å². The lowest BCUT2D eigenvalue weighted by Gasteiger charge is -2.09. The van der Waals surface area contributed by atoms with E-state index in [1.54, 1.807) is 11.8 Å². The highest BCUT2D eigenvalue weighted by Gasteiger charge is 2.14. The number of aromatic nitrogens is 2. The molecule has 0 fully saturated rings. The lowest BCUT2D eigenvalue weighted by atomic mass is 10.2. The Labute approximate surface area is 111 Å². The van der Waals surface area contributed by atoms with Gasteiger partial charge in [0.05, 0.1) is 16.9 Å². The van der Waals surface area contributed by atoms with Crippen molar-refractivity contribution in [2.75, 3.05) is 6.26 Å². The van der Waals surface area contributed by atoms with Gasteiger partial charge in [-0.1, -0.05) is 6.07 Å². The molecule has 0 spiro atoms. The third-order valence-corrected chi connectivity index (χ3v) is 4.00. The third kappa shape index (κ3) is 1.91. The van der Waals surface area contributed by atoms with Crippen molar-refractivity contribution >= 4 is 11.8 Å². The van der Waals surface area contributed by atoms with Gasteiger partial charge in [0.2, 0.25) is 0 Å². The Balaban J connectivity index is 2.72. The summed E-state index contributed by atoms with van der Waals surface area (Å²) in [5, 5.41) is 13.9. The van der Waals surface area contributed by atoms with Crippen LogP contribution in [0.4, 0.5) is 0 Å². The Morgan fingerprint density at radius 3 is 2.50 bits per heavy atom. The highest BCUT2D eigenvalue weighted by molar-refractivity contribution is 7.98. The SMILES string of the molecule is CSc1cccc(-n2nc(C)c(C)c2C)c1C#N. The molecule has 18 heavy (non-hydrogen) atoms. The monoisotopic (exact) mass is 257 g/mol. The van der Waals surface area contributed by atoms with E-state index in [9.17, 15) is 5.26 Å². The van der Waals surface area contributed by atoms with E-state index >= 15 is 0 Å². The topological polar surface area (TPSA) is 41.6 Å². The fourth-order valence-electron chi connectivity index (χ4n) is 1.93. The molecule has 4 heteroatoms. The molecule has 0 aliphatic carbocycles. The van der Waals surface area contributed by atoms with Gasteiger partial charge in [-0.25, -0.2) is 4.68 Å². The molecular formula is C14H15N3S. The molecule has 2 rings (SSSR count). The Hall–Kier alpha value is -1.73. The predicted octanol–water partition coefficient (Wildman–Crippen LogP) is 3.39. The minimum Gasteiger partial charge on any atom is -0.236 e. The van der Waals surface area contributed by atoms with Crippen LogP contribution < -0.4 is 0 Å².